The molecule has 0 atom stereocenters. The van der Waals surface area contributed by atoms with Crippen molar-refractivity contribution >= 4 is 11.3 Å². The average molecular weight is 292 g/mol. The summed E-state index contributed by atoms with van der Waals surface area (Å²) in [5.41, 5.74) is 2.53. The van der Waals surface area contributed by atoms with Crippen LogP contribution in [0.5, 0.6) is 0 Å². The quantitative estimate of drug-likeness (QED) is 0.814. The van der Waals surface area contributed by atoms with E-state index in [-0.39, 0.29) is 5.41 Å². The van der Waals surface area contributed by atoms with E-state index < -0.39 is 0 Å². The summed E-state index contributed by atoms with van der Waals surface area (Å²) in [6.07, 6.45) is 3.77. The first-order valence-corrected chi connectivity index (χ1v) is 8.09. The van der Waals surface area contributed by atoms with Gasteiger partial charge in [-0.2, -0.15) is 0 Å². The summed E-state index contributed by atoms with van der Waals surface area (Å²) in [6, 6.07) is 2.06. The number of nitrogens with zero attached hydrogens (tertiary/aromatic N) is 1. The van der Waals surface area contributed by atoms with Crippen LogP contribution in [-0.2, 0) is 18.4 Å². The van der Waals surface area contributed by atoms with Crippen molar-refractivity contribution in [2.24, 2.45) is 0 Å². The predicted molar refractivity (Wildman–Crippen MR) is 84.3 cm³/mol. The molecule has 0 spiro atoms. The highest BCUT2D eigenvalue weighted by Crippen LogP contribution is 2.26. The van der Waals surface area contributed by atoms with Crippen LogP contribution in [0.15, 0.2) is 22.1 Å². The lowest BCUT2D eigenvalue weighted by atomic mass is 9.93. The van der Waals surface area contributed by atoms with E-state index in [1.807, 2.05) is 0 Å². The van der Waals surface area contributed by atoms with Crippen LogP contribution in [0.1, 0.15) is 56.1 Å². The van der Waals surface area contributed by atoms with E-state index in [2.05, 4.69) is 44.5 Å². The van der Waals surface area contributed by atoms with Gasteiger partial charge in [0.05, 0.1) is 23.5 Å². The van der Waals surface area contributed by atoms with Gasteiger partial charge in [0.25, 0.3) is 0 Å². The molecule has 2 heterocycles. The van der Waals surface area contributed by atoms with Crippen LogP contribution in [0.3, 0.4) is 0 Å². The van der Waals surface area contributed by atoms with Gasteiger partial charge >= 0.3 is 0 Å². The molecule has 0 saturated heterocycles. The molecule has 110 valence electrons. The monoisotopic (exact) mass is 292 g/mol. The number of rotatable bonds is 6. The SMILES string of the molecule is CCCNCc1occc1Cc1nc(C(C)(C)C)cs1. The Morgan fingerprint density at radius 2 is 2.15 bits per heavy atom. The zero-order valence-electron chi connectivity index (χ0n) is 12.8. The largest absolute Gasteiger partial charge is 0.468 e. The van der Waals surface area contributed by atoms with Crippen LogP contribution in [0, 0.1) is 0 Å². The number of hydrogen-bond donors (Lipinski definition) is 1. The van der Waals surface area contributed by atoms with E-state index in [1.54, 1.807) is 17.6 Å². The lowest BCUT2D eigenvalue weighted by molar-refractivity contribution is 0.479. The van der Waals surface area contributed by atoms with Crippen LogP contribution < -0.4 is 5.32 Å². The van der Waals surface area contributed by atoms with Crippen molar-refractivity contribution in [3.63, 3.8) is 0 Å². The Morgan fingerprint density at radius 3 is 2.80 bits per heavy atom. The summed E-state index contributed by atoms with van der Waals surface area (Å²) in [4.78, 5) is 4.75. The smallest absolute Gasteiger partial charge is 0.121 e. The maximum atomic E-state index is 5.57. The Labute approximate surface area is 125 Å². The maximum absolute atomic E-state index is 5.57. The fourth-order valence-corrected chi connectivity index (χ4v) is 3.00. The molecular formula is C16H24N2OS. The number of hydrogen-bond acceptors (Lipinski definition) is 4. The third-order valence-corrected chi connectivity index (χ3v) is 4.06. The molecule has 0 amide bonds. The molecule has 0 fully saturated rings. The predicted octanol–water partition coefficient (Wildman–Crippen LogP) is 4.12. The second kappa shape index (κ2) is 6.55. The molecule has 4 heteroatoms. The molecule has 1 N–H and O–H groups in total. The van der Waals surface area contributed by atoms with Crippen molar-refractivity contribution in [1.29, 1.82) is 0 Å². The molecule has 2 rings (SSSR count). The molecule has 0 bridgehead atoms. The van der Waals surface area contributed by atoms with Crippen LogP contribution in [0.2, 0.25) is 0 Å². The van der Waals surface area contributed by atoms with Crippen molar-refractivity contribution in [3.8, 4) is 0 Å². The number of furan rings is 1. The van der Waals surface area contributed by atoms with E-state index in [1.165, 1.54) is 11.3 Å². The Morgan fingerprint density at radius 1 is 1.35 bits per heavy atom. The second-order valence-electron chi connectivity index (χ2n) is 6.10. The van der Waals surface area contributed by atoms with Crippen molar-refractivity contribution < 1.29 is 4.42 Å². The molecule has 2 aromatic heterocycles. The zero-order chi connectivity index (χ0) is 14.6. The fourth-order valence-electron chi connectivity index (χ4n) is 1.96. The summed E-state index contributed by atoms with van der Waals surface area (Å²) < 4.78 is 5.57. The Hall–Kier alpha value is -1.13. The highest BCUT2D eigenvalue weighted by Gasteiger charge is 2.18. The summed E-state index contributed by atoms with van der Waals surface area (Å²) >= 11 is 1.74. The number of aromatic nitrogens is 1. The van der Waals surface area contributed by atoms with Crippen LogP contribution >= 0.6 is 11.3 Å². The molecule has 0 radical (unpaired) electrons. The van der Waals surface area contributed by atoms with Gasteiger partial charge in [-0.25, -0.2) is 4.98 Å². The molecule has 0 aliphatic heterocycles. The molecular weight excluding hydrogens is 268 g/mol. The first kappa shape index (κ1) is 15.3. The third-order valence-electron chi connectivity index (χ3n) is 3.21. The fraction of sp³-hybridized carbons (Fsp3) is 0.562. The first-order valence-electron chi connectivity index (χ1n) is 7.21. The summed E-state index contributed by atoms with van der Waals surface area (Å²) in [5.74, 6) is 1.03. The summed E-state index contributed by atoms with van der Waals surface area (Å²) in [7, 11) is 0. The van der Waals surface area contributed by atoms with Gasteiger partial charge in [-0.3, -0.25) is 0 Å². The third kappa shape index (κ3) is 3.93. The van der Waals surface area contributed by atoms with E-state index in [0.29, 0.717) is 0 Å². The van der Waals surface area contributed by atoms with Gasteiger partial charge in [0.15, 0.2) is 0 Å². The molecule has 0 saturated carbocycles. The van der Waals surface area contributed by atoms with Gasteiger partial charge in [-0.05, 0) is 19.0 Å². The average Bonchev–Trinajstić information content (AvgIpc) is 2.99. The van der Waals surface area contributed by atoms with Gasteiger partial charge < -0.3 is 9.73 Å². The van der Waals surface area contributed by atoms with Gasteiger partial charge in [0, 0.05) is 22.8 Å². The summed E-state index contributed by atoms with van der Waals surface area (Å²) in [6.45, 7) is 10.6. The minimum atomic E-state index is 0.122. The topological polar surface area (TPSA) is 38.1 Å². The number of nitrogens with one attached hydrogen (secondary N) is 1. The number of thiazole rings is 1. The van der Waals surface area contributed by atoms with E-state index in [4.69, 9.17) is 9.40 Å². The lowest BCUT2D eigenvalue weighted by Gasteiger charge is -2.14. The van der Waals surface area contributed by atoms with Crippen molar-refractivity contribution in [2.45, 2.75) is 52.5 Å². The Bertz CT molecular complexity index is 537. The van der Waals surface area contributed by atoms with Gasteiger partial charge in [0.1, 0.15) is 5.76 Å². The summed E-state index contributed by atoms with van der Waals surface area (Å²) in [5, 5.41) is 6.71. The standard InChI is InChI=1S/C16H24N2OS/c1-5-7-17-10-13-12(6-8-19-13)9-15-18-14(11-20-15)16(2,3)4/h6,8,11,17H,5,7,9-10H2,1-4H3. The zero-order valence-corrected chi connectivity index (χ0v) is 13.6. The van der Waals surface area contributed by atoms with Crippen molar-refractivity contribution in [1.82, 2.24) is 10.3 Å². The highest BCUT2D eigenvalue weighted by atomic mass is 32.1. The Balaban J connectivity index is 2.03. The minimum Gasteiger partial charge on any atom is -0.468 e. The van der Waals surface area contributed by atoms with E-state index in [0.717, 1.165) is 36.7 Å². The van der Waals surface area contributed by atoms with Gasteiger partial charge in [-0.1, -0.05) is 27.7 Å². The second-order valence-corrected chi connectivity index (χ2v) is 7.04. The van der Waals surface area contributed by atoms with Crippen molar-refractivity contribution in [2.75, 3.05) is 6.54 Å². The van der Waals surface area contributed by atoms with Crippen LogP contribution in [0.25, 0.3) is 0 Å². The van der Waals surface area contributed by atoms with E-state index >= 15 is 0 Å². The molecule has 0 aliphatic carbocycles. The molecule has 2 aromatic rings. The molecule has 0 aromatic carbocycles. The molecule has 3 nitrogen and oxygen atoms in total. The maximum Gasteiger partial charge on any atom is 0.121 e. The molecule has 0 aliphatic rings. The molecule has 0 unspecified atom stereocenters. The van der Waals surface area contributed by atoms with Crippen LogP contribution in [-0.4, -0.2) is 11.5 Å². The lowest BCUT2D eigenvalue weighted by Crippen LogP contribution is -2.14. The highest BCUT2D eigenvalue weighted by molar-refractivity contribution is 7.09. The molecule has 20 heavy (non-hydrogen) atoms. The van der Waals surface area contributed by atoms with E-state index in [9.17, 15) is 0 Å². The van der Waals surface area contributed by atoms with Crippen LogP contribution in [0.4, 0.5) is 0 Å². The van der Waals surface area contributed by atoms with Gasteiger partial charge in [0.2, 0.25) is 0 Å². The normalized spacial score (nSPS) is 12.0. The Kier molecular flexibility index (Phi) is 5.00. The van der Waals surface area contributed by atoms with Crippen molar-refractivity contribution in [3.05, 3.63) is 39.7 Å². The van der Waals surface area contributed by atoms with Gasteiger partial charge in [-0.15, -0.1) is 11.3 Å². The first-order chi connectivity index (χ1) is 9.50. The minimum absolute atomic E-state index is 0.122.